The molecule has 0 amide bonds. The molecule has 1 aromatic carbocycles. The van der Waals surface area contributed by atoms with Crippen LogP contribution in [-0.2, 0) is 6.54 Å². The van der Waals surface area contributed by atoms with Crippen LogP contribution in [0.2, 0.25) is 0 Å². The molecule has 0 saturated carbocycles. The van der Waals surface area contributed by atoms with Gasteiger partial charge in [0.1, 0.15) is 5.82 Å². The van der Waals surface area contributed by atoms with Crippen LogP contribution >= 0.6 is 0 Å². The first kappa shape index (κ1) is 14.2. The van der Waals surface area contributed by atoms with Crippen molar-refractivity contribution in [2.45, 2.75) is 25.4 Å². The molecule has 2 aromatic rings. The first-order valence-corrected chi connectivity index (χ1v) is 7.22. The summed E-state index contributed by atoms with van der Waals surface area (Å²) in [7, 11) is 2.07. The van der Waals surface area contributed by atoms with Gasteiger partial charge in [0.15, 0.2) is 5.82 Å². The van der Waals surface area contributed by atoms with Gasteiger partial charge < -0.3 is 9.84 Å². The normalized spacial score (nSPS) is 19.1. The van der Waals surface area contributed by atoms with Gasteiger partial charge in [-0.1, -0.05) is 5.16 Å². The van der Waals surface area contributed by atoms with Gasteiger partial charge in [-0.3, -0.25) is 4.90 Å². The van der Waals surface area contributed by atoms with Crippen LogP contribution in [0.3, 0.4) is 0 Å². The van der Waals surface area contributed by atoms with Crippen molar-refractivity contribution in [3.05, 3.63) is 35.9 Å². The highest BCUT2D eigenvalue weighted by Gasteiger charge is 2.19. The Bertz CT molecular complexity index is 578. The van der Waals surface area contributed by atoms with Crippen molar-refractivity contribution < 1.29 is 8.91 Å². The van der Waals surface area contributed by atoms with Gasteiger partial charge in [0.25, 0.3) is 5.89 Å². The molecule has 0 aliphatic carbocycles. The van der Waals surface area contributed by atoms with E-state index in [0.29, 0.717) is 24.3 Å². The predicted octanol–water partition coefficient (Wildman–Crippen LogP) is 2.06. The molecule has 0 bridgehead atoms. The maximum Gasteiger partial charge on any atom is 0.257 e. The molecule has 1 aliphatic heterocycles. The minimum atomic E-state index is -0.275. The zero-order chi connectivity index (χ0) is 14.7. The lowest BCUT2D eigenvalue weighted by molar-refractivity contribution is 0.190. The fourth-order valence-corrected chi connectivity index (χ4v) is 2.59. The van der Waals surface area contributed by atoms with Crippen molar-refractivity contribution in [2.75, 3.05) is 20.1 Å². The van der Waals surface area contributed by atoms with Crippen molar-refractivity contribution in [3.63, 3.8) is 0 Å². The second-order valence-corrected chi connectivity index (χ2v) is 5.44. The molecule has 6 heteroatoms. The summed E-state index contributed by atoms with van der Waals surface area (Å²) in [5.41, 5.74) is 0.733. The number of nitrogens with one attached hydrogen (secondary N) is 1. The van der Waals surface area contributed by atoms with Gasteiger partial charge in [0.2, 0.25) is 0 Å². The van der Waals surface area contributed by atoms with E-state index in [1.807, 2.05) is 0 Å². The Morgan fingerprint density at radius 3 is 2.90 bits per heavy atom. The quantitative estimate of drug-likeness (QED) is 0.934. The van der Waals surface area contributed by atoms with Crippen LogP contribution in [-0.4, -0.2) is 41.2 Å². The van der Waals surface area contributed by atoms with Crippen LogP contribution < -0.4 is 5.32 Å². The van der Waals surface area contributed by atoms with Crippen LogP contribution in [0.4, 0.5) is 4.39 Å². The van der Waals surface area contributed by atoms with E-state index in [1.54, 1.807) is 12.1 Å². The summed E-state index contributed by atoms with van der Waals surface area (Å²) in [4.78, 5) is 6.62. The Morgan fingerprint density at radius 1 is 1.38 bits per heavy atom. The molecule has 1 aromatic heterocycles. The Balaban J connectivity index is 1.65. The van der Waals surface area contributed by atoms with Gasteiger partial charge in [0, 0.05) is 18.2 Å². The third-order valence-electron chi connectivity index (χ3n) is 3.84. The van der Waals surface area contributed by atoms with E-state index >= 15 is 0 Å². The Labute approximate surface area is 123 Å². The molecule has 112 valence electrons. The standard InChI is InChI=1S/C15H19FN4O/c1-20(13-3-2-8-17-9-13)10-14-18-15(21-19-14)11-4-6-12(16)7-5-11/h4-7,13,17H,2-3,8-10H2,1H3. The largest absolute Gasteiger partial charge is 0.334 e. The van der Waals surface area contributed by atoms with E-state index in [2.05, 4.69) is 27.4 Å². The number of nitrogens with zero attached hydrogens (tertiary/aromatic N) is 3. The summed E-state index contributed by atoms with van der Waals surface area (Å²) < 4.78 is 18.2. The second kappa shape index (κ2) is 6.32. The first-order chi connectivity index (χ1) is 10.2. The van der Waals surface area contributed by atoms with Gasteiger partial charge >= 0.3 is 0 Å². The molecule has 2 heterocycles. The van der Waals surface area contributed by atoms with Crippen molar-refractivity contribution in [3.8, 4) is 11.5 Å². The van der Waals surface area contributed by atoms with Gasteiger partial charge in [-0.25, -0.2) is 4.39 Å². The van der Waals surface area contributed by atoms with E-state index in [-0.39, 0.29) is 5.82 Å². The second-order valence-electron chi connectivity index (χ2n) is 5.44. The molecule has 1 N–H and O–H groups in total. The molecular weight excluding hydrogens is 271 g/mol. The smallest absolute Gasteiger partial charge is 0.257 e. The van der Waals surface area contributed by atoms with E-state index in [0.717, 1.165) is 18.7 Å². The molecule has 0 radical (unpaired) electrons. The lowest BCUT2D eigenvalue weighted by atomic mass is 10.1. The van der Waals surface area contributed by atoms with Crippen LogP contribution in [0, 0.1) is 5.82 Å². The van der Waals surface area contributed by atoms with Crippen molar-refractivity contribution >= 4 is 0 Å². The Kier molecular flexibility index (Phi) is 4.26. The number of hydrogen-bond donors (Lipinski definition) is 1. The summed E-state index contributed by atoms with van der Waals surface area (Å²) in [6.07, 6.45) is 2.38. The third-order valence-corrected chi connectivity index (χ3v) is 3.84. The summed E-state index contributed by atoms with van der Waals surface area (Å²) in [6, 6.07) is 6.56. The monoisotopic (exact) mass is 290 g/mol. The van der Waals surface area contributed by atoms with Crippen molar-refractivity contribution in [1.82, 2.24) is 20.4 Å². The summed E-state index contributed by atoms with van der Waals surface area (Å²) >= 11 is 0. The Morgan fingerprint density at radius 2 is 2.19 bits per heavy atom. The molecule has 0 spiro atoms. The number of aromatic nitrogens is 2. The molecule has 1 atom stereocenters. The lowest BCUT2D eigenvalue weighted by Crippen LogP contribution is -2.43. The molecule has 1 unspecified atom stereocenters. The fraction of sp³-hybridized carbons (Fsp3) is 0.467. The minimum Gasteiger partial charge on any atom is -0.334 e. The predicted molar refractivity (Wildman–Crippen MR) is 77.1 cm³/mol. The van der Waals surface area contributed by atoms with Gasteiger partial charge in [0.05, 0.1) is 6.54 Å². The van der Waals surface area contributed by atoms with Crippen LogP contribution in [0.25, 0.3) is 11.5 Å². The van der Waals surface area contributed by atoms with Crippen LogP contribution in [0.15, 0.2) is 28.8 Å². The summed E-state index contributed by atoms with van der Waals surface area (Å²) in [5.74, 6) is 0.811. The van der Waals surface area contributed by atoms with Gasteiger partial charge in [-0.05, 0) is 50.7 Å². The number of likely N-dealkylation sites (N-methyl/N-ethyl adjacent to an activating group) is 1. The van der Waals surface area contributed by atoms with E-state index in [1.165, 1.54) is 25.0 Å². The highest BCUT2D eigenvalue weighted by atomic mass is 19.1. The summed E-state index contributed by atoms with van der Waals surface area (Å²) in [5, 5.41) is 7.40. The average Bonchev–Trinajstić information content (AvgIpc) is 2.97. The van der Waals surface area contributed by atoms with Crippen LogP contribution in [0.1, 0.15) is 18.7 Å². The van der Waals surface area contributed by atoms with E-state index in [4.69, 9.17) is 4.52 Å². The fourth-order valence-electron chi connectivity index (χ4n) is 2.59. The molecule has 21 heavy (non-hydrogen) atoms. The SMILES string of the molecule is CN(Cc1noc(-c2ccc(F)cc2)n1)C1CCCNC1. The number of piperidine rings is 1. The first-order valence-electron chi connectivity index (χ1n) is 7.22. The minimum absolute atomic E-state index is 0.275. The molecular formula is C15H19FN4O. The number of rotatable bonds is 4. The zero-order valence-electron chi connectivity index (χ0n) is 12.1. The highest BCUT2D eigenvalue weighted by molar-refractivity contribution is 5.52. The molecule has 1 fully saturated rings. The van der Waals surface area contributed by atoms with Crippen molar-refractivity contribution in [1.29, 1.82) is 0 Å². The van der Waals surface area contributed by atoms with E-state index in [9.17, 15) is 4.39 Å². The average molecular weight is 290 g/mol. The maximum atomic E-state index is 12.9. The van der Waals surface area contributed by atoms with Gasteiger partial charge in [-0.2, -0.15) is 4.98 Å². The van der Waals surface area contributed by atoms with E-state index < -0.39 is 0 Å². The van der Waals surface area contributed by atoms with Gasteiger partial charge in [-0.15, -0.1) is 0 Å². The maximum absolute atomic E-state index is 12.9. The molecule has 5 nitrogen and oxygen atoms in total. The summed E-state index contributed by atoms with van der Waals surface area (Å²) in [6.45, 7) is 2.75. The van der Waals surface area contributed by atoms with Crippen molar-refractivity contribution in [2.24, 2.45) is 0 Å². The molecule has 1 saturated heterocycles. The lowest BCUT2D eigenvalue weighted by Gasteiger charge is -2.30. The van der Waals surface area contributed by atoms with Crippen LogP contribution in [0.5, 0.6) is 0 Å². The third kappa shape index (κ3) is 3.46. The zero-order valence-corrected chi connectivity index (χ0v) is 12.1. The molecule has 1 aliphatic rings. The highest BCUT2D eigenvalue weighted by Crippen LogP contribution is 2.18. The number of halogens is 1. The molecule has 3 rings (SSSR count). The number of benzene rings is 1. The number of hydrogen-bond acceptors (Lipinski definition) is 5. The topological polar surface area (TPSA) is 54.2 Å². The Hall–Kier alpha value is -1.79.